The Balaban J connectivity index is 1.83. The highest BCUT2D eigenvalue weighted by Gasteiger charge is 2.15. The lowest BCUT2D eigenvalue weighted by molar-refractivity contribution is -0.143. The van der Waals surface area contributed by atoms with Crippen molar-refractivity contribution in [2.24, 2.45) is 0 Å². The molecule has 0 aliphatic heterocycles. The molecule has 7 nitrogen and oxygen atoms in total. The first-order valence-corrected chi connectivity index (χ1v) is 8.96. The summed E-state index contributed by atoms with van der Waals surface area (Å²) in [5.74, 6) is 1.09. The number of phenols is 1. The molecule has 0 aliphatic carbocycles. The monoisotopic (exact) mass is 379 g/mol. The number of benzene rings is 2. The Morgan fingerprint density at radius 3 is 2.57 bits per heavy atom. The van der Waals surface area contributed by atoms with Crippen LogP contribution in [0.3, 0.4) is 0 Å². The molecule has 7 heteroatoms. The Labute approximate surface area is 163 Å². The molecule has 0 aliphatic rings. The second-order valence-corrected chi connectivity index (χ2v) is 6.06. The SMILES string of the molecule is CCOC(=O)CCc1ccc(Oc2ccccc2-c2ncncn2)c(O)c1C. The maximum atomic E-state index is 11.6. The number of carbonyl (C=O) groups is 1. The average Bonchev–Trinajstić information content (AvgIpc) is 2.72. The topological polar surface area (TPSA) is 94.4 Å². The predicted molar refractivity (Wildman–Crippen MR) is 103 cm³/mol. The molecule has 0 radical (unpaired) electrons. The maximum absolute atomic E-state index is 11.6. The van der Waals surface area contributed by atoms with Crippen LogP contribution in [-0.2, 0) is 16.0 Å². The van der Waals surface area contributed by atoms with E-state index < -0.39 is 0 Å². The Bertz CT molecular complexity index is 961. The number of carbonyl (C=O) groups excluding carboxylic acids is 1. The Kier molecular flexibility index (Phi) is 6.16. The lowest BCUT2D eigenvalue weighted by Gasteiger charge is -2.14. The van der Waals surface area contributed by atoms with Gasteiger partial charge in [-0.1, -0.05) is 18.2 Å². The number of ether oxygens (including phenoxy) is 2. The van der Waals surface area contributed by atoms with Crippen LogP contribution in [0.5, 0.6) is 17.2 Å². The van der Waals surface area contributed by atoms with Gasteiger partial charge in [-0.2, -0.15) is 0 Å². The van der Waals surface area contributed by atoms with Crippen molar-refractivity contribution in [1.82, 2.24) is 15.0 Å². The molecule has 28 heavy (non-hydrogen) atoms. The lowest BCUT2D eigenvalue weighted by Crippen LogP contribution is -2.06. The summed E-state index contributed by atoms with van der Waals surface area (Å²) < 4.78 is 10.9. The summed E-state index contributed by atoms with van der Waals surface area (Å²) in [5, 5.41) is 10.6. The van der Waals surface area contributed by atoms with Gasteiger partial charge in [-0.05, 0) is 49.6 Å². The van der Waals surface area contributed by atoms with Crippen molar-refractivity contribution in [3.8, 4) is 28.6 Å². The first kappa shape index (κ1) is 19.3. The molecule has 0 spiro atoms. The molecule has 1 aromatic heterocycles. The summed E-state index contributed by atoms with van der Waals surface area (Å²) in [5.41, 5.74) is 2.22. The van der Waals surface area contributed by atoms with Gasteiger partial charge in [0.15, 0.2) is 17.3 Å². The van der Waals surface area contributed by atoms with E-state index in [1.807, 2.05) is 24.3 Å². The van der Waals surface area contributed by atoms with Crippen LogP contribution < -0.4 is 4.74 Å². The van der Waals surface area contributed by atoms with Gasteiger partial charge in [-0.3, -0.25) is 4.79 Å². The van der Waals surface area contributed by atoms with Crippen LogP contribution in [0.1, 0.15) is 24.5 Å². The van der Waals surface area contributed by atoms with Crippen LogP contribution in [0.25, 0.3) is 11.4 Å². The lowest BCUT2D eigenvalue weighted by atomic mass is 10.0. The highest BCUT2D eigenvalue weighted by Crippen LogP contribution is 2.38. The zero-order chi connectivity index (χ0) is 19.9. The van der Waals surface area contributed by atoms with Crippen molar-refractivity contribution in [1.29, 1.82) is 0 Å². The molecule has 0 amide bonds. The number of aromatic hydroxyl groups is 1. The standard InChI is InChI=1S/C21H21N3O4/c1-3-27-19(25)11-9-15-8-10-18(20(26)14(15)2)28-17-7-5-4-6-16(17)21-23-12-22-13-24-21/h4-8,10,12-13,26H,3,9,11H2,1-2H3. The zero-order valence-electron chi connectivity index (χ0n) is 15.8. The Hall–Kier alpha value is -3.48. The van der Waals surface area contributed by atoms with Crippen molar-refractivity contribution in [3.05, 3.63) is 60.2 Å². The molecule has 0 fully saturated rings. The first-order chi connectivity index (χ1) is 13.6. The number of para-hydroxylation sites is 1. The third-order valence-corrected chi connectivity index (χ3v) is 4.25. The van der Waals surface area contributed by atoms with E-state index in [2.05, 4.69) is 15.0 Å². The van der Waals surface area contributed by atoms with Gasteiger partial charge in [-0.25, -0.2) is 15.0 Å². The smallest absolute Gasteiger partial charge is 0.306 e. The summed E-state index contributed by atoms with van der Waals surface area (Å²) in [7, 11) is 0. The van der Waals surface area contributed by atoms with Crippen LogP contribution in [0.2, 0.25) is 0 Å². The van der Waals surface area contributed by atoms with E-state index in [1.54, 1.807) is 26.0 Å². The van der Waals surface area contributed by atoms with Crippen molar-refractivity contribution in [3.63, 3.8) is 0 Å². The fourth-order valence-corrected chi connectivity index (χ4v) is 2.78. The van der Waals surface area contributed by atoms with Gasteiger partial charge in [0.1, 0.15) is 18.4 Å². The highest BCUT2D eigenvalue weighted by molar-refractivity contribution is 5.70. The number of rotatable bonds is 7. The van der Waals surface area contributed by atoms with Gasteiger partial charge in [-0.15, -0.1) is 0 Å². The predicted octanol–water partition coefficient (Wildman–Crippen LogP) is 3.84. The number of phenolic OH excluding ortho intramolecular Hbond substituents is 1. The summed E-state index contributed by atoms with van der Waals surface area (Å²) in [4.78, 5) is 23.7. The van der Waals surface area contributed by atoms with Gasteiger partial charge in [0.25, 0.3) is 0 Å². The normalized spacial score (nSPS) is 10.5. The maximum Gasteiger partial charge on any atom is 0.306 e. The van der Waals surface area contributed by atoms with Crippen LogP contribution in [0.15, 0.2) is 49.1 Å². The fourth-order valence-electron chi connectivity index (χ4n) is 2.78. The van der Waals surface area contributed by atoms with Gasteiger partial charge in [0.2, 0.25) is 0 Å². The van der Waals surface area contributed by atoms with Crippen LogP contribution in [-0.4, -0.2) is 32.6 Å². The molecule has 3 aromatic rings. The molecular weight excluding hydrogens is 358 g/mol. The first-order valence-electron chi connectivity index (χ1n) is 8.96. The van der Waals surface area contributed by atoms with E-state index in [-0.39, 0.29) is 18.1 Å². The molecule has 144 valence electrons. The number of aryl methyl sites for hydroxylation is 1. The molecule has 1 heterocycles. The molecule has 0 unspecified atom stereocenters. The molecule has 0 atom stereocenters. The number of esters is 1. The summed E-state index contributed by atoms with van der Waals surface area (Å²) in [6.45, 7) is 3.92. The average molecular weight is 379 g/mol. The van der Waals surface area contributed by atoms with Crippen LogP contribution in [0, 0.1) is 6.92 Å². The van der Waals surface area contributed by atoms with E-state index in [0.29, 0.717) is 41.5 Å². The second kappa shape index (κ2) is 8.94. The van der Waals surface area contributed by atoms with Crippen LogP contribution >= 0.6 is 0 Å². The summed E-state index contributed by atoms with van der Waals surface area (Å²) in [6, 6.07) is 10.8. The number of hydrogen-bond donors (Lipinski definition) is 1. The minimum absolute atomic E-state index is 0.0341. The highest BCUT2D eigenvalue weighted by atomic mass is 16.5. The summed E-state index contributed by atoms with van der Waals surface area (Å²) in [6.07, 6.45) is 3.58. The minimum Gasteiger partial charge on any atom is -0.504 e. The minimum atomic E-state index is -0.256. The number of nitrogens with zero attached hydrogens (tertiary/aromatic N) is 3. The molecule has 3 rings (SSSR count). The quantitative estimate of drug-likeness (QED) is 0.623. The van der Waals surface area contributed by atoms with E-state index in [0.717, 1.165) is 5.56 Å². The number of hydrogen-bond acceptors (Lipinski definition) is 7. The van der Waals surface area contributed by atoms with Crippen molar-refractivity contribution in [2.75, 3.05) is 6.61 Å². The van der Waals surface area contributed by atoms with Gasteiger partial charge in [0, 0.05) is 6.42 Å². The van der Waals surface area contributed by atoms with Gasteiger partial charge >= 0.3 is 5.97 Å². The molecule has 0 saturated heterocycles. The molecular formula is C21H21N3O4. The Morgan fingerprint density at radius 1 is 1.07 bits per heavy atom. The largest absolute Gasteiger partial charge is 0.504 e. The number of aromatic nitrogens is 3. The Morgan fingerprint density at radius 2 is 1.82 bits per heavy atom. The van der Waals surface area contributed by atoms with Crippen LogP contribution in [0.4, 0.5) is 0 Å². The molecule has 2 aromatic carbocycles. The third kappa shape index (κ3) is 4.43. The summed E-state index contributed by atoms with van der Waals surface area (Å²) >= 11 is 0. The molecule has 1 N–H and O–H groups in total. The van der Waals surface area contributed by atoms with Gasteiger partial charge < -0.3 is 14.6 Å². The fraction of sp³-hybridized carbons (Fsp3) is 0.238. The van der Waals surface area contributed by atoms with Crippen molar-refractivity contribution < 1.29 is 19.4 Å². The van der Waals surface area contributed by atoms with E-state index in [9.17, 15) is 9.90 Å². The second-order valence-electron chi connectivity index (χ2n) is 6.06. The van der Waals surface area contributed by atoms with Crippen molar-refractivity contribution >= 4 is 5.97 Å². The van der Waals surface area contributed by atoms with Crippen molar-refractivity contribution in [2.45, 2.75) is 26.7 Å². The van der Waals surface area contributed by atoms with E-state index in [4.69, 9.17) is 9.47 Å². The van der Waals surface area contributed by atoms with E-state index >= 15 is 0 Å². The van der Waals surface area contributed by atoms with E-state index in [1.165, 1.54) is 12.7 Å². The van der Waals surface area contributed by atoms with Gasteiger partial charge in [0.05, 0.1) is 12.2 Å². The third-order valence-electron chi connectivity index (χ3n) is 4.25. The molecule has 0 saturated carbocycles. The molecule has 0 bridgehead atoms. The zero-order valence-corrected chi connectivity index (χ0v) is 15.8.